The first-order valence-corrected chi connectivity index (χ1v) is 9.53. The summed E-state index contributed by atoms with van der Waals surface area (Å²) in [6, 6.07) is 6.08. The van der Waals surface area contributed by atoms with Crippen molar-refractivity contribution in [3.63, 3.8) is 0 Å². The molecule has 0 saturated heterocycles. The van der Waals surface area contributed by atoms with Gasteiger partial charge in [-0.1, -0.05) is 17.7 Å². The molecule has 0 radical (unpaired) electrons. The van der Waals surface area contributed by atoms with Crippen LogP contribution in [0.2, 0.25) is 0 Å². The van der Waals surface area contributed by atoms with Gasteiger partial charge in [-0.15, -0.1) is 0 Å². The van der Waals surface area contributed by atoms with Gasteiger partial charge in [0.2, 0.25) is 5.78 Å². The average molecular weight is 371 g/mol. The van der Waals surface area contributed by atoms with Crippen LogP contribution in [0.15, 0.2) is 18.2 Å². The van der Waals surface area contributed by atoms with Crippen LogP contribution in [-0.4, -0.2) is 36.4 Å². The van der Waals surface area contributed by atoms with Gasteiger partial charge in [0.15, 0.2) is 6.54 Å². The standard InChI is InChI=1S/C22H31N3O2/c1-8-25-17(5)11-19(18(25)6)20(26)12-24(7)13-21(27)23-22-15(3)9-14(2)10-16(22)4/h9-11H,8,12-13H2,1-7H3,(H,23,27)/p+1. The number of quaternary nitrogens is 1. The lowest BCUT2D eigenvalue weighted by molar-refractivity contribution is -0.861. The number of rotatable bonds is 7. The van der Waals surface area contributed by atoms with Gasteiger partial charge in [-0.05, 0) is 58.7 Å². The van der Waals surface area contributed by atoms with E-state index < -0.39 is 0 Å². The van der Waals surface area contributed by atoms with E-state index in [-0.39, 0.29) is 18.2 Å². The molecule has 0 aliphatic rings. The largest absolute Gasteiger partial charge is 0.349 e. The molecule has 0 spiro atoms. The van der Waals surface area contributed by atoms with Crippen LogP contribution in [0.3, 0.4) is 0 Å². The van der Waals surface area contributed by atoms with Gasteiger partial charge in [0.25, 0.3) is 5.91 Å². The van der Waals surface area contributed by atoms with E-state index in [1.165, 1.54) is 5.56 Å². The molecule has 0 saturated carbocycles. The number of hydrogen-bond acceptors (Lipinski definition) is 2. The molecule has 5 nitrogen and oxygen atoms in total. The molecular weight excluding hydrogens is 338 g/mol. The summed E-state index contributed by atoms with van der Waals surface area (Å²) in [5.74, 6) is 0.00480. The summed E-state index contributed by atoms with van der Waals surface area (Å²) >= 11 is 0. The molecule has 1 amide bonds. The van der Waals surface area contributed by atoms with Crippen molar-refractivity contribution in [2.75, 3.05) is 25.5 Å². The van der Waals surface area contributed by atoms with Gasteiger partial charge in [-0.2, -0.15) is 0 Å². The summed E-state index contributed by atoms with van der Waals surface area (Å²) in [4.78, 5) is 26.0. The smallest absolute Gasteiger partial charge is 0.279 e. The molecule has 0 aliphatic heterocycles. The van der Waals surface area contributed by atoms with Gasteiger partial charge in [-0.3, -0.25) is 9.59 Å². The highest BCUT2D eigenvalue weighted by molar-refractivity contribution is 5.98. The Bertz CT molecular complexity index is 842. The van der Waals surface area contributed by atoms with Crippen LogP contribution in [0.1, 0.15) is 45.4 Å². The first-order valence-electron chi connectivity index (χ1n) is 9.53. The molecule has 1 aromatic heterocycles. The maximum absolute atomic E-state index is 12.7. The lowest BCUT2D eigenvalue weighted by Crippen LogP contribution is -3.11. The van der Waals surface area contributed by atoms with Gasteiger partial charge in [0, 0.05) is 29.2 Å². The van der Waals surface area contributed by atoms with Crippen molar-refractivity contribution in [2.45, 2.75) is 48.1 Å². The zero-order valence-corrected chi connectivity index (χ0v) is 17.6. The molecule has 1 aromatic carbocycles. The molecule has 2 rings (SSSR count). The van der Waals surface area contributed by atoms with E-state index in [2.05, 4.69) is 28.9 Å². The second-order valence-corrected chi connectivity index (χ2v) is 7.58. The van der Waals surface area contributed by atoms with E-state index in [1.807, 2.05) is 47.7 Å². The Balaban J connectivity index is 2.00. The fourth-order valence-electron chi connectivity index (χ4n) is 3.84. The highest BCUT2D eigenvalue weighted by Gasteiger charge is 2.20. The predicted molar refractivity (Wildman–Crippen MR) is 110 cm³/mol. The van der Waals surface area contributed by atoms with E-state index >= 15 is 0 Å². The predicted octanol–water partition coefficient (Wildman–Crippen LogP) is 2.39. The average Bonchev–Trinajstić information content (AvgIpc) is 2.84. The van der Waals surface area contributed by atoms with Crippen LogP contribution in [-0.2, 0) is 11.3 Å². The summed E-state index contributed by atoms with van der Waals surface area (Å²) in [6.45, 7) is 13.5. The highest BCUT2D eigenvalue weighted by atomic mass is 16.2. The van der Waals surface area contributed by atoms with Gasteiger partial charge in [0.1, 0.15) is 6.54 Å². The third kappa shape index (κ3) is 4.86. The summed E-state index contributed by atoms with van der Waals surface area (Å²) in [5.41, 5.74) is 7.03. The zero-order chi connectivity index (χ0) is 20.3. The maximum atomic E-state index is 12.7. The molecule has 1 unspecified atom stereocenters. The van der Waals surface area contributed by atoms with Gasteiger partial charge in [0.05, 0.1) is 7.05 Å². The normalized spacial score (nSPS) is 12.1. The molecule has 5 heteroatoms. The molecule has 2 aromatic rings. The first kappa shape index (κ1) is 20.9. The number of benzene rings is 1. The van der Waals surface area contributed by atoms with E-state index in [4.69, 9.17) is 0 Å². The lowest BCUT2D eigenvalue weighted by atomic mass is 10.1. The Kier molecular flexibility index (Phi) is 6.60. The molecule has 27 heavy (non-hydrogen) atoms. The van der Waals surface area contributed by atoms with Gasteiger partial charge >= 0.3 is 0 Å². The van der Waals surface area contributed by atoms with Crippen molar-refractivity contribution >= 4 is 17.4 Å². The minimum absolute atomic E-state index is 0.0746. The third-order valence-electron chi connectivity index (χ3n) is 5.06. The SMILES string of the molecule is CCn1c(C)cc(C(=O)C[NH+](C)CC(=O)Nc2c(C)cc(C)cc2C)c1C. The number of Topliss-reactive ketones (excluding diaryl/α,β-unsaturated/α-hetero) is 1. The fourth-order valence-corrected chi connectivity index (χ4v) is 3.84. The first-order chi connectivity index (χ1) is 12.6. The fraction of sp³-hybridized carbons (Fsp3) is 0.455. The number of amides is 1. The number of carbonyl (C=O) groups is 2. The number of nitrogens with zero attached hydrogens (tertiary/aromatic N) is 1. The van der Waals surface area contributed by atoms with Crippen molar-refractivity contribution in [3.8, 4) is 0 Å². The summed E-state index contributed by atoms with van der Waals surface area (Å²) in [5, 5.41) is 3.01. The Morgan fingerprint density at radius 1 is 1.00 bits per heavy atom. The van der Waals surface area contributed by atoms with Crippen LogP contribution in [0.4, 0.5) is 5.69 Å². The van der Waals surface area contributed by atoms with Crippen molar-refractivity contribution < 1.29 is 14.5 Å². The summed E-state index contributed by atoms with van der Waals surface area (Å²) < 4.78 is 2.14. The molecule has 0 bridgehead atoms. The quantitative estimate of drug-likeness (QED) is 0.736. The number of hydrogen-bond donors (Lipinski definition) is 2. The van der Waals surface area contributed by atoms with Gasteiger partial charge < -0.3 is 14.8 Å². The van der Waals surface area contributed by atoms with E-state index in [1.54, 1.807) is 0 Å². The Morgan fingerprint density at radius 3 is 2.11 bits per heavy atom. The maximum Gasteiger partial charge on any atom is 0.279 e. The number of aryl methyl sites for hydroxylation is 4. The molecular formula is C22H32N3O2+. The monoisotopic (exact) mass is 370 g/mol. The number of carbonyl (C=O) groups excluding carboxylic acids is 2. The van der Waals surface area contributed by atoms with Crippen molar-refractivity contribution in [2.24, 2.45) is 0 Å². The van der Waals surface area contributed by atoms with Crippen LogP contribution in [0.25, 0.3) is 0 Å². The molecule has 0 fully saturated rings. The second kappa shape index (κ2) is 8.53. The Hall–Kier alpha value is -2.40. The van der Waals surface area contributed by atoms with Crippen LogP contribution in [0.5, 0.6) is 0 Å². The number of aromatic nitrogens is 1. The van der Waals surface area contributed by atoms with Crippen LogP contribution < -0.4 is 10.2 Å². The van der Waals surface area contributed by atoms with E-state index in [0.717, 1.165) is 45.2 Å². The Labute approximate surface area is 162 Å². The molecule has 1 heterocycles. The van der Waals surface area contributed by atoms with Crippen molar-refractivity contribution in [1.82, 2.24) is 4.57 Å². The highest BCUT2D eigenvalue weighted by Crippen LogP contribution is 2.21. The number of ketones is 1. The molecule has 0 aliphatic carbocycles. The number of likely N-dealkylation sites (N-methyl/N-ethyl adjacent to an activating group) is 1. The minimum Gasteiger partial charge on any atom is -0.349 e. The second-order valence-electron chi connectivity index (χ2n) is 7.58. The van der Waals surface area contributed by atoms with Crippen molar-refractivity contribution in [3.05, 3.63) is 51.8 Å². The lowest BCUT2D eigenvalue weighted by Gasteiger charge is -2.16. The third-order valence-corrected chi connectivity index (χ3v) is 5.06. The van der Waals surface area contributed by atoms with Crippen LogP contribution >= 0.6 is 0 Å². The molecule has 2 N–H and O–H groups in total. The topological polar surface area (TPSA) is 55.5 Å². The zero-order valence-electron chi connectivity index (χ0n) is 17.6. The van der Waals surface area contributed by atoms with E-state index in [0.29, 0.717) is 6.54 Å². The molecule has 146 valence electrons. The summed E-state index contributed by atoms with van der Waals surface area (Å²) in [7, 11) is 1.88. The number of nitrogens with one attached hydrogen (secondary N) is 2. The van der Waals surface area contributed by atoms with Gasteiger partial charge in [-0.25, -0.2) is 0 Å². The number of anilines is 1. The van der Waals surface area contributed by atoms with Crippen molar-refractivity contribution in [1.29, 1.82) is 0 Å². The molecule has 1 atom stereocenters. The van der Waals surface area contributed by atoms with Crippen LogP contribution in [0, 0.1) is 34.6 Å². The van der Waals surface area contributed by atoms with E-state index in [9.17, 15) is 9.59 Å². The summed E-state index contributed by atoms with van der Waals surface area (Å²) in [6.07, 6.45) is 0. The minimum atomic E-state index is -0.0746. The Morgan fingerprint density at radius 2 is 1.59 bits per heavy atom.